The predicted molar refractivity (Wildman–Crippen MR) is 101 cm³/mol. The van der Waals surface area contributed by atoms with Crippen molar-refractivity contribution in [2.24, 2.45) is 0 Å². The lowest BCUT2D eigenvalue weighted by Crippen LogP contribution is -2.47. The van der Waals surface area contributed by atoms with Gasteiger partial charge in [0.2, 0.25) is 10.8 Å². The molecule has 3 amide bonds. The lowest BCUT2D eigenvalue weighted by Gasteiger charge is -2.32. The van der Waals surface area contributed by atoms with E-state index in [-0.39, 0.29) is 23.5 Å². The fourth-order valence-corrected chi connectivity index (χ4v) is 4.72. The summed E-state index contributed by atoms with van der Waals surface area (Å²) in [6.07, 6.45) is 0. The molecule has 1 saturated heterocycles. The molecule has 132 valence electrons. The Kier molecular flexibility index (Phi) is 3.96. The summed E-state index contributed by atoms with van der Waals surface area (Å²) in [5, 5.41) is 5.62. The highest BCUT2D eigenvalue weighted by Crippen LogP contribution is 2.53. The summed E-state index contributed by atoms with van der Waals surface area (Å²) in [7, 11) is 0. The summed E-state index contributed by atoms with van der Waals surface area (Å²) < 4.78 is 0. The first-order chi connectivity index (χ1) is 12.6. The minimum Gasteiger partial charge on any atom is -0.352 e. The largest absolute Gasteiger partial charge is 0.352 e. The Balaban J connectivity index is 1.77. The molecule has 26 heavy (non-hydrogen) atoms. The maximum absolute atomic E-state index is 12.9. The van der Waals surface area contributed by atoms with Crippen molar-refractivity contribution in [2.75, 3.05) is 22.5 Å². The van der Waals surface area contributed by atoms with Crippen LogP contribution in [0.2, 0.25) is 0 Å². The maximum Gasteiger partial charge on any atom is 0.266 e. The van der Waals surface area contributed by atoms with Crippen molar-refractivity contribution in [1.29, 1.82) is 0 Å². The highest BCUT2D eigenvalue weighted by molar-refractivity contribution is 8.02. The number of para-hydroxylation sites is 1. The average molecular weight is 367 g/mol. The molecule has 0 bridgehead atoms. The molecule has 2 heterocycles. The fraction of sp³-hybridized carbons (Fsp3) is 0.211. The van der Waals surface area contributed by atoms with Gasteiger partial charge in [0.15, 0.2) is 0 Å². The first kappa shape index (κ1) is 16.7. The second kappa shape index (κ2) is 6.17. The number of carbonyl (C=O) groups excluding carboxylic acids is 3. The van der Waals surface area contributed by atoms with Crippen LogP contribution >= 0.6 is 11.8 Å². The average Bonchev–Trinajstić information content (AvgIpc) is 3.14. The summed E-state index contributed by atoms with van der Waals surface area (Å²) in [6, 6.07) is 14.2. The second-order valence-corrected chi connectivity index (χ2v) is 7.24. The topological polar surface area (TPSA) is 78.5 Å². The van der Waals surface area contributed by atoms with Crippen LogP contribution in [0.1, 0.15) is 22.8 Å². The van der Waals surface area contributed by atoms with Crippen LogP contribution in [0.3, 0.4) is 0 Å². The van der Waals surface area contributed by atoms with Gasteiger partial charge in [0, 0.05) is 29.0 Å². The van der Waals surface area contributed by atoms with Crippen LogP contribution in [-0.4, -0.2) is 30.0 Å². The third kappa shape index (κ3) is 2.31. The zero-order valence-corrected chi connectivity index (χ0v) is 14.9. The van der Waals surface area contributed by atoms with Gasteiger partial charge in [-0.15, -0.1) is 11.8 Å². The van der Waals surface area contributed by atoms with E-state index in [9.17, 15) is 14.4 Å². The molecule has 1 spiro atoms. The monoisotopic (exact) mass is 367 g/mol. The van der Waals surface area contributed by atoms with Crippen LogP contribution < -0.4 is 15.5 Å². The van der Waals surface area contributed by atoms with E-state index in [1.54, 1.807) is 29.2 Å². The third-order valence-electron chi connectivity index (χ3n) is 4.54. The van der Waals surface area contributed by atoms with E-state index < -0.39 is 4.87 Å². The van der Waals surface area contributed by atoms with E-state index in [0.717, 1.165) is 11.3 Å². The van der Waals surface area contributed by atoms with Gasteiger partial charge in [0.25, 0.3) is 11.8 Å². The number of fused-ring (bicyclic) bond motifs is 2. The molecule has 0 unspecified atom stereocenters. The van der Waals surface area contributed by atoms with Gasteiger partial charge >= 0.3 is 0 Å². The van der Waals surface area contributed by atoms with Crippen LogP contribution in [0.25, 0.3) is 0 Å². The first-order valence-electron chi connectivity index (χ1n) is 8.34. The van der Waals surface area contributed by atoms with E-state index >= 15 is 0 Å². The highest BCUT2D eigenvalue weighted by atomic mass is 32.2. The Bertz CT molecular complexity index is 913. The van der Waals surface area contributed by atoms with Crippen molar-refractivity contribution in [3.05, 3.63) is 59.7 Å². The van der Waals surface area contributed by atoms with Crippen molar-refractivity contribution >= 4 is 40.9 Å². The van der Waals surface area contributed by atoms with Gasteiger partial charge in [-0.1, -0.05) is 18.2 Å². The number of amides is 3. The van der Waals surface area contributed by atoms with Gasteiger partial charge < -0.3 is 10.6 Å². The van der Waals surface area contributed by atoms with Crippen LogP contribution in [0.4, 0.5) is 11.4 Å². The number of hydrogen-bond donors (Lipinski definition) is 2. The Hall–Kier alpha value is -2.80. The van der Waals surface area contributed by atoms with E-state index in [1.807, 2.05) is 31.2 Å². The van der Waals surface area contributed by atoms with E-state index in [2.05, 4.69) is 10.6 Å². The molecule has 2 N–H and O–H groups in total. The van der Waals surface area contributed by atoms with Crippen LogP contribution in [0.5, 0.6) is 0 Å². The van der Waals surface area contributed by atoms with Crippen LogP contribution in [0.15, 0.2) is 48.5 Å². The second-order valence-electron chi connectivity index (χ2n) is 6.07. The molecule has 0 saturated carbocycles. The molecular formula is C19H17N3O3S. The molecule has 0 aliphatic carbocycles. The van der Waals surface area contributed by atoms with Crippen molar-refractivity contribution < 1.29 is 14.4 Å². The number of anilines is 2. The molecular weight excluding hydrogens is 350 g/mol. The molecule has 4 rings (SSSR count). The van der Waals surface area contributed by atoms with Gasteiger partial charge in [-0.2, -0.15) is 0 Å². The Morgan fingerprint density at radius 3 is 2.65 bits per heavy atom. The molecule has 1 atom stereocenters. The number of rotatable bonds is 3. The van der Waals surface area contributed by atoms with Gasteiger partial charge in [-0.3, -0.25) is 19.3 Å². The zero-order valence-electron chi connectivity index (χ0n) is 14.1. The summed E-state index contributed by atoms with van der Waals surface area (Å²) in [5.41, 5.74) is 2.62. The fourth-order valence-electron chi connectivity index (χ4n) is 3.40. The molecule has 1 fully saturated rings. The van der Waals surface area contributed by atoms with Crippen LogP contribution in [-0.2, 0) is 14.5 Å². The van der Waals surface area contributed by atoms with Crippen molar-refractivity contribution in [3.8, 4) is 0 Å². The highest BCUT2D eigenvalue weighted by Gasteiger charge is 2.58. The molecule has 6 nitrogen and oxygen atoms in total. The zero-order chi connectivity index (χ0) is 18.3. The molecule has 0 aromatic heterocycles. The smallest absolute Gasteiger partial charge is 0.266 e. The number of carbonyl (C=O) groups is 3. The molecule has 2 aromatic carbocycles. The van der Waals surface area contributed by atoms with E-state index in [0.29, 0.717) is 17.8 Å². The van der Waals surface area contributed by atoms with Crippen molar-refractivity contribution in [1.82, 2.24) is 5.32 Å². The van der Waals surface area contributed by atoms with E-state index in [1.165, 1.54) is 11.8 Å². The van der Waals surface area contributed by atoms with Gasteiger partial charge in [0.1, 0.15) is 0 Å². The van der Waals surface area contributed by atoms with Gasteiger partial charge in [0.05, 0.1) is 5.75 Å². The molecule has 2 aliphatic heterocycles. The Morgan fingerprint density at radius 2 is 1.92 bits per heavy atom. The standard InChI is InChI=1S/C19H17N3O3S/c1-2-20-17(24)12-7-9-13(10-8-12)22-16(23)11-26-19(22)14-5-3-4-6-15(14)21-18(19)25/h3-10H,2,11H2,1H3,(H,20,24)(H,21,25)/t19-/m1/s1. The number of benzene rings is 2. The lowest BCUT2D eigenvalue weighted by molar-refractivity contribution is -0.122. The number of thioether (sulfide) groups is 1. The third-order valence-corrected chi connectivity index (χ3v) is 5.94. The minimum absolute atomic E-state index is 0.132. The minimum atomic E-state index is -1.10. The molecule has 2 aliphatic rings. The lowest BCUT2D eigenvalue weighted by atomic mass is 10.0. The quantitative estimate of drug-likeness (QED) is 0.873. The normalized spacial score (nSPS) is 21.0. The molecule has 2 aromatic rings. The Morgan fingerprint density at radius 1 is 1.19 bits per heavy atom. The van der Waals surface area contributed by atoms with Gasteiger partial charge in [-0.25, -0.2) is 0 Å². The Labute approximate surface area is 154 Å². The van der Waals surface area contributed by atoms with E-state index in [4.69, 9.17) is 0 Å². The first-order valence-corrected chi connectivity index (χ1v) is 9.32. The van der Waals surface area contributed by atoms with Crippen LogP contribution in [0, 0.1) is 0 Å². The van der Waals surface area contributed by atoms with Gasteiger partial charge in [-0.05, 0) is 37.3 Å². The SMILES string of the molecule is CCNC(=O)c1ccc(N2C(=O)CS[C@]23C(=O)Nc2ccccc23)cc1. The van der Waals surface area contributed by atoms with Crippen molar-refractivity contribution in [2.45, 2.75) is 11.8 Å². The number of nitrogens with one attached hydrogen (secondary N) is 2. The predicted octanol–water partition coefficient (Wildman–Crippen LogP) is 2.32. The number of hydrogen-bond acceptors (Lipinski definition) is 4. The molecule has 7 heteroatoms. The number of nitrogens with zero attached hydrogens (tertiary/aromatic N) is 1. The maximum atomic E-state index is 12.9. The molecule has 0 radical (unpaired) electrons. The summed E-state index contributed by atoms with van der Waals surface area (Å²) in [6.45, 7) is 2.40. The summed E-state index contributed by atoms with van der Waals surface area (Å²) >= 11 is 1.32. The van der Waals surface area contributed by atoms with Crippen molar-refractivity contribution in [3.63, 3.8) is 0 Å². The summed E-state index contributed by atoms with van der Waals surface area (Å²) in [5.74, 6) is -0.297. The summed E-state index contributed by atoms with van der Waals surface area (Å²) in [4.78, 5) is 37.9.